The van der Waals surface area contributed by atoms with Crippen molar-refractivity contribution in [3.05, 3.63) is 109 Å². The molecule has 0 aromatic rings. The van der Waals surface area contributed by atoms with E-state index in [1.807, 2.05) is 33.3 Å². The SMILES string of the molecule is CC/C=C\C/C=C\C/C=C\C/C=C\C/C=C\CCCCCCCC(=O)NC(COP(=O)(O)OCC[N+](C)(C)C)C(/C=C/CCCCCCCCCCCC)OC(=O)CCCCCCCCCCCCCC/C=C\C/C=C\C/C=C\CCCCC. The third-order valence-electron chi connectivity index (χ3n) is 14.9. The summed E-state index contributed by atoms with van der Waals surface area (Å²) in [5, 5.41) is 3.06. The number of esters is 1. The highest BCUT2D eigenvalue weighted by Crippen LogP contribution is 2.43. The Labute approximate surface area is 519 Å². The van der Waals surface area contributed by atoms with E-state index < -0.39 is 20.0 Å². The molecule has 0 aromatic heterocycles. The van der Waals surface area contributed by atoms with Crippen molar-refractivity contribution < 1.29 is 37.3 Å². The number of likely N-dealkylation sites (N-methyl/N-ethyl adjacent to an activating group) is 1. The highest BCUT2D eigenvalue weighted by atomic mass is 31.2. The summed E-state index contributed by atoms with van der Waals surface area (Å²) in [6, 6.07) is -0.867. The van der Waals surface area contributed by atoms with Crippen LogP contribution in [0.15, 0.2) is 109 Å². The van der Waals surface area contributed by atoms with E-state index in [-0.39, 0.29) is 31.5 Å². The predicted octanol–water partition coefficient (Wildman–Crippen LogP) is 22.1. The van der Waals surface area contributed by atoms with Crippen molar-refractivity contribution in [2.75, 3.05) is 40.9 Å². The van der Waals surface area contributed by atoms with E-state index in [2.05, 4.69) is 123 Å². The number of rotatable bonds is 62. The molecule has 9 nitrogen and oxygen atoms in total. The van der Waals surface area contributed by atoms with Crippen molar-refractivity contribution in [1.29, 1.82) is 0 Å². The molecule has 0 spiro atoms. The summed E-state index contributed by atoms with van der Waals surface area (Å²) in [5.74, 6) is -0.529. The number of amides is 1. The first-order valence-electron chi connectivity index (χ1n) is 34.7. The Morgan fingerprint density at radius 3 is 1.17 bits per heavy atom. The molecule has 0 aliphatic carbocycles. The van der Waals surface area contributed by atoms with Crippen LogP contribution >= 0.6 is 7.82 Å². The third kappa shape index (κ3) is 63.2. The molecule has 0 bridgehead atoms. The fourth-order valence-electron chi connectivity index (χ4n) is 9.62. The molecule has 3 unspecified atom stereocenters. The molecule has 0 saturated heterocycles. The van der Waals surface area contributed by atoms with Gasteiger partial charge >= 0.3 is 13.8 Å². The maximum atomic E-state index is 13.6. The van der Waals surface area contributed by atoms with Gasteiger partial charge in [0.25, 0.3) is 0 Å². The first kappa shape index (κ1) is 80.7. The summed E-state index contributed by atoms with van der Waals surface area (Å²) in [6.45, 7) is 6.86. The largest absolute Gasteiger partial charge is 0.472 e. The lowest BCUT2D eigenvalue weighted by atomic mass is 10.0. The van der Waals surface area contributed by atoms with Crippen LogP contribution in [0.4, 0.5) is 0 Å². The number of nitrogens with one attached hydrogen (secondary N) is 1. The maximum absolute atomic E-state index is 13.6. The van der Waals surface area contributed by atoms with Crippen LogP contribution in [0.1, 0.15) is 297 Å². The van der Waals surface area contributed by atoms with Gasteiger partial charge in [-0.2, -0.15) is 0 Å². The summed E-state index contributed by atoms with van der Waals surface area (Å²) in [4.78, 5) is 37.9. The topological polar surface area (TPSA) is 111 Å². The van der Waals surface area contributed by atoms with E-state index in [1.165, 1.54) is 141 Å². The number of carbonyl (C=O) groups is 2. The van der Waals surface area contributed by atoms with Crippen molar-refractivity contribution >= 4 is 19.7 Å². The number of phosphoric ester groups is 1. The number of phosphoric acid groups is 1. The van der Waals surface area contributed by atoms with Gasteiger partial charge < -0.3 is 19.4 Å². The summed E-state index contributed by atoms with van der Waals surface area (Å²) in [5.41, 5.74) is 0. The Balaban J connectivity index is 5.14. The molecule has 1 amide bonds. The van der Waals surface area contributed by atoms with Gasteiger partial charge in [0.15, 0.2) is 0 Å². The quantitative estimate of drug-likeness (QED) is 0.0205. The molecule has 10 heteroatoms. The van der Waals surface area contributed by atoms with Gasteiger partial charge in [-0.1, -0.05) is 278 Å². The van der Waals surface area contributed by atoms with Gasteiger partial charge in [0, 0.05) is 12.8 Å². The van der Waals surface area contributed by atoms with Crippen LogP contribution in [0.5, 0.6) is 0 Å². The summed E-state index contributed by atoms with van der Waals surface area (Å²) in [7, 11) is 1.47. The lowest BCUT2D eigenvalue weighted by Crippen LogP contribution is -2.47. The minimum absolute atomic E-state index is 0.0311. The molecule has 484 valence electrons. The smallest absolute Gasteiger partial charge is 0.456 e. The van der Waals surface area contributed by atoms with E-state index in [0.29, 0.717) is 17.4 Å². The molecular formula is C74H132N2O7P+. The van der Waals surface area contributed by atoms with Gasteiger partial charge in [0.2, 0.25) is 5.91 Å². The molecule has 0 rings (SSSR count). The maximum Gasteiger partial charge on any atom is 0.472 e. The van der Waals surface area contributed by atoms with Gasteiger partial charge in [0.1, 0.15) is 19.3 Å². The molecule has 0 fully saturated rings. The second-order valence-corrected chi connectivity index (χ2v) is 25.8. The van der Waals surface area contributed by atoms with Crippen LogP contribution in [0.2, 0.25) is 0 Å². The van der Waals surface area contributed by atoms with Crippen LogP contribution < -0.4 is 5.32 Å². The molecule has 0 aromatic carbocycles. The first-order chi connectivity index (χ1) is 40.9. The van der Waals surface area contributed by atoms with Gasteiger partial charge in [-0.15, -0.1) is 0 Å². The van der Waals surface area contributed by atoms with E-state index >= 15 is 0 Å². The Hall–Kier alpha value is -3.33. The van der Waals surface area contributed by atoms with Crippen LogP contribution in [0.3, 0.4) is 0 Å². The molecule has 3 atom stereocenters. The lowest BCUT2D eigenvalue weighted by Gasteiger charge is -2.27. The molecule has 0 heterocycles. The minimum Gasteiger partial charge on any atom is -0.456 e. The van der Waals surface area contributed by atoms with E-state index in [9.17, 15) is 19.0 Å². The van der Waals surface area contributed by atoms with Crippen molar-refractivity contribution in [3.8, 4) is 0 Å². The summed E-state index contributed by atoms with van der Waals surface area (Å²) in [6.07, 6.45) is 86.6. The average Bonchev–Trinajstić information content (AvgIpc) is 3.64. The zero-order valence-corrected chi connectivity index (χ0v) is 56.3. The zero-order chi connectivity index (χ0) is 61.4. The number of hydrogen-bond acceptors (Lipinski definition) is 6. The number of unbranched alkanes of at least 4 members (excludes halogenated alkanes) is 30. The number of carbonyl (C=O) groups excluding carboxylic acids is 2. The second-order valence-electron chi connectivity index (χ2n) is 24.3. The van der Waals surface area contributed by atoms with E-state index in [0.717, 1.165) is 122 Å². The zero-order valence-electron chi connectivity index (χ0n) is 55.4. The standard InChI is InChI=1S/C74H131N2O7P/c1-7-10-13-16-19-22-25-28-30-32-34-36-37-38-39-41-43-45-47-49-52-55-58-61-64-67-74(78)83-72(65-62-59-56-53-50-27-24-21-18-15-12-9-3)71(70-82-84(79,80)81-69-68-76(4,5)6)75-73(77)66-63-60-57-54-51-48-46-44-42-40-35-33-31-29-26-23-20-17-14-11-8-2/h11,14,19-20,22-23,28-31,34-36,40,44,46,62,65,71-72H,7-10,12-13,15-18,21,24-27,32-33,37-39,41-43,45,47-61,63-64,66-70H2,1-6H3,(H-,75,77,79,80)/p+1/b14-11-,22-19-,23-20-,30-28-,31-29-,36-34-,40-35-,46-44-,65-62+. The fourth-order valence-corrected chi connectivity index (χ4v) is 10.4. The molecule has 0 saturated carbocycles. The number of allylic oxidation sites excluding steroid dienone is 17. The fraction of sp³-hybridized carbons (Fsp3) is 0.730. The van der Waals surface area contributed by atoms with Crippen LogP contribution in [0.25, 0.3) is 0 Å². The monoisotopic (exact) mass is 1190 g/mol. The number of nitrogens with zero attached hydrogens (tertiary/aromatic N) is 1. The van der Waals surface area contributed by atoms with Crippen molar-refractivity contribution in [2.45, 2.75) is 309 Å². The highest BCUT2D eigenvalue weighted by Gasteiger charge is 2.30. The highest BCUT2D eigenvalue weighted by molar-refractivity contribution is 7.47. The Bertz CT molecular complexity index is 1810. The van der Waals surface area contributed by atoms with Crippen LogP contribution in [-0.4, -0.2) is 74.3 Å². The van der Waals surface area contributed by atoms with Gasteiger partial charge in [0.05, 0.1) is 33.8 Å². The average molecular weight is 1190 g/mol. The first-order valence-corrected chi connectivity index (χ1v) is 36.2. The summed E-state index contributed by atoms with van der Waals surface area (Å²) >= 11 is 0. The summed E-state index contributed by atoms with van der Waals surface area (Å²) < 4.78 is 30.8. The van der Waals surface area contributed by atoms with Gasteiger partial charge in [-0.25, -0.2) is 4.57 Å². The Kier molecular flexibility index (Phi) is 60.2. The number of hydrogen-bond donors (Lipinski definition) is 2. The minimum atomic E-state index is -4.47. The van der Waals surface area contributed by atoms with Crippen molar-refractivity contribution in [3.63, 3.8) is 0 Å². The molecule has 0 aliphatic rings. The Morgan fingerprint density at radius 1 is 0.429 bits per heavy atom. The molecular weight excluding hydrogens is 1060 g/mol. The molecule has 2 N–H and O–H groups in total. The van der Waals surface area contributed by atoms with E-state index in [4.69, 9.17) is 13.8 Å². The molecule has 0 aliphatic heterocycles. The lowest BCUT2D eigenvalue weighted by molar-refractivity contribution is -0.870. The van der Waals surface area contributed by atoms with Crippen molar-refractivity contribution in [1.82, 2.24) is 5.32 Å². The third-order valence-corrected chi connectivity index (χ3v) is 15.9. The van der Waals surface area contributed by atoms with Crippen molar-refractivity contribution in [2.24, 2.45) is 0 Å². The van der Waals surface area contributed by atoms with Gasteiger partial charge in [-0.3, -0.25) is 18.6 Å². The van der Waals surface area contributed by atoms with Crippen LogP contribution in [0, 0.1) is 0 Å². The number of quaternary nitrogens is 1. The van der Waals surface area contributed by atoms with Crippen LogP contribution in [-0.2, 0) is 27.9 Å². The molecule has 0 radical (unpaired) electrons. The second kappa shape index (κ2) is 62.7. The Morgan fingerprint density at radius 2 is 0.762 bits per heavy atom. The van der Waals surface area contributed by atoms with Gasteiger partial charge in [-0.05, 0) is 115 Å². The normalized spacial score (nSPS) is 14.2. The predicted molar refractivity (Wildman–Crippen MR) is 364 cm³/mol. The molecule has 84 heavy (non-hydrogen) atoms. The number of ether oxygens (including phenoxy) is 1. The van der Waals surface area contributed by atoms with E-state index in [1.54, 1.807) is 0 Å².